The molecule has 1 saturated heterocycles. The second kappa shape index (κ2) is 16.8. The maximum atomic E-state index is 15.4. The standard InChI is InChI=1S/C41H42F5N3O3S/c1-27-6-15-36-34(22-27)37(50)23-39(53-26-31-4-3-5-35(42)40(31)43)49(36)25-38(51)48(33-16-18-47(19-17-33)20-21-52-2)24-28-7-9-29(10-8-28)30-11-13-32(14-12-30)41(44,45)46/h3-15,22-23,33,37,50H,16-21,24-26H2,1-2H3/i2D3,6D,15D,16D2,17D2,18D2,19D2,20D2,21D2,22D,23D,33D. The van der Waals surface area contributed by atoms with Crippen LogP contribution in [0.25, 0.3) is 11.1 Å². The summed E-state index contributed by atoms with van der Waals surface area (Å²) >= 11 is 0.445. The molecule has 0 bridgehead atoms. The molecule has 0 saturated carbocycles. The zero-order valence-corrected chi connectivity index (χ0v) is 28.3. The van der Waals surface area contributed by atoms with Crippen LogP contribution in [-0.2, 0) is 28.0 Å². The maximum Gasteiger partial charge on any atom is 0.416 e. The van der Waals surface area contributed by atoms with Crippen molar-refractivity contribution in [2.24, 2.45) is 0 Å². The van der Waals surface area contributed by atoms with Gasteiger partial charge in [0.2, 0.25) is 5.91 Å². The summed E-state index contributed by atoms with van der Waals surface area (Å²) in [4.78, 5) is 15.1. The number of halogens is 5. The lowest BCUT2D eigenvalue weighted by Crippen LogP contribution is -2.50. The third kappa shape index (κ3) is 9.29. The molecule has 4 aromatic carbocycles. The second-order valence-electron chi connectivity index (χ2n) is 11.4. The number of methoxy groups -OCH3 is 1. The molecule has 1 fully saturated rings. The third-order valence-corrected chi connectivity index (χ3v) is 8.94. The van der Waals surface area contributed by atoms with Gasteiger partial charge in [0.1, 0.15) is 12.6 Å². The highest BCUT2D eigenvalue weighted by molar-refractivity contribution is 8.02. The molecule has 2 aliphatic heterocycles. The summed E-state index contributed by atoms with van der Waals surface area (Å²) in [5, 5.41) is 10.9. The Morgan fingerprint density at radius 3 is 2.47 bits per heavy atom. The summed E-state index contributed by atoms with van der Waals surface area (Å²) in [6, 6.07) is 4.41. The van der Waals surface area contributed by atoms with Gasteiger partial charge in [-0.25, -0.2) is 8.78 Å². The highest BCUT2D eigenvalue weighted by atomic mass is 32.2. The van der Waals surface area contributed by atoms with Crippen molar-refractivity contribution in [3.8, 4) is 11.1 Å². The van der Waals surface area contributed by atoms with Crippen molar-refractivity contribution < 1.29 is 64.0 Å². The number of hydrogen-bond acceptors (Lipinski definition) is 6. The van der Waals surface area contributed by atoms with Crippen LogP contribution in [0.3, 0.4) is 0 Å². The molecule has 1 amide bonds. The normalized spacial score (nSPS) is 27.6. The van der Waals surface area contributed by atoms with E-state index in [4.69, 9.17) is 20.6 Å². The summed E-state index contributed by atoms with van der Waals surface area (Å²) in [5.74, 6) is -4.96. The van der Waals surface area contributed by atoms with Gasteiger partial charge < -0.3 is 24.5 Å². The number of thioether (sulfide) groups is 1. The van der Waals surface area contributed by atoms with Crippen LogP contribution in [0.1, 0.15) is 74.1 Å². The molecule has 6 rings (SSSR count). The number of amides is 1. The Morgan fingerprint density at radius 2 is 1.79 bits per heavy atom. The van der Waals surface area contributed by atoms with Gasteiger partial charge in [-0.1, -0.05) is 66.2 Å². The lowest BCUT2D eigenvalue weighted by molar-refractivity contribution is -0.137. The minimum Gasteiger partial charge on any atom is -0.384 e. The Morgan fingerprint density at radius 1 is 1.09 bits per heavy atom. The van der Waals surface area contributed by atoms with Crippen LogP contribution in [0.4, 0.5) is 27.6 Å². The number of piperidine rings is 1. The van der Waals surface area contributed by atoms with E-state index in [1.54, 1.807) is 0 Å². The van der Waals surface area contributed by atoms with Gasteiger partial charge in [-0.15, -0.1) is 11.8 Å². The fourth-order valence-corrected chi connectivity index (χ4v) is 6.28. The third-order valence-electron chi connectivity index (χ3n) is 7.88. The molecule has 12 heteroatoms. The maximum absolute atomic E-state index is 15.4. The highest BCUT2D eigenvalue weighted by Gasteiger charge is 2.33. The van der Waals surface area contributed by atoms with E-state index in [9.17, 15) is 29.5 Å². The summed E-state index contributed by atoms with van der Waals surface area (Å²) in [6.07, 6.45) is -15.8. The zero-order valence-electron chi connectivity index (χ0n) is 47.5. The number of fused-ring (bicyclic) bond motifs is 1. The first-order valence-electron chi connectivity index (χ1n) is 25.5. The fraction of sp³-hybridized carbons (Fsp3) is 0.341. The number of likely N-dealkylation sites (tertiary alicyclic amines) is 1. The Hall–Kier alpha value is -4.23. The largest absolute Gasteiger partial charge is 0.416 e. The molecule has 53 heavy (non-hydrogen) atoms. The molecular weight excluding hydrogens is 710 g/mol. The molecular formula is C41H42F5N3O3S. The Kier molecular flexibility index (Phi) is 6.50. The second-order valence-corrected chi connectivity index (χ2v) is 12.4. The number of anilines is 1. The first-order chi connectivity index (χ1) is 33.1. The monoisotopic (exact) mass is 771 g/mol. The van der Waals surface area contributed by atoms with Crippen molar-refractivity contribution in [3.63, 3.8) is 0 Å². The number of carbonyl (C=O) groups excluding carboxylic acids is 1. The fourth-order valence-electron chi connectivity index (χ4n) is 5.25. The first-order valence-corrected chi connectivity index (χ1v) is 16.5. The number of hydrogen-bond donors (Lipinski definition) is 1. The molecule has 0 aromatic heterocycles. The van der Waals surface area contributed by atoms with E-state index in [0.29, 0.717) is 16.7 Å². The van der Waals surface area contributed by atoms with Gasteiger partial charge in [0.15, 0.2) is 11.6 Å². The SMILES string of the molecule is [2H]C1=C(SCc2cccc(F)c2F)N(CC(=O)N(Cc2ccc(-c3ccc(C(F)(F)F)cc3)cc2)C2([2H])C([2H])([2H])C([2H])([2H])N(C([2H])([2H])C([2H])([2H])OC([2H])([2H])[2H])C([2H])([2H])C2([2H])[2H])c2c([2H])c([2H])c(C)c([2H])c2C1O. The molecule has 2 aliphatic rings. The lowest BCUT2D eigenvalue weighted by Gasteiger charge is -2.40. The van der Waals surface area contributed by atoms with E-state index in [0.717, 1.165) is 54.6 Å². The van der Waals surface area contributed by atoms with Crippen LogP contribution in [0.2, 0.25) is 0 Å². The minimum atomic E-state index is -4.69. The van der Waals surface area contributed by atoms with Gasteiger partial charge >= 0.3 is 6.18 Å². The van der Waals surface area contributed by atoms with Crippen LogP contribution in [0, 0.1) is 18.6 Å². The van der Waals surface area contributed by atoms with Gasteiger partial charge in [0, 0.05) is 75.4 Å². The number of ether oxygens (including phenoxy) is 1. The molecule has 1 unspecified atom stereocenters. The summed E-state index contributed by atoms with van der Waals surface area (Å²) in [5.41, 5.74) is -2.49. The zero-order chi connectivity index (χ0) is 55.4. The molecule has 2 heterocycles. The van der Waals surface area contributed by atoms with E-state index in [1.165, 1.54) is 19.1 Å². The summed E-state index contributed by atoms with van der Waals surface area (Å²) in [6.45, 7) is -19.3. The van der Waals surface area contributed by atoms with Gasteiger partial charge in [-0.3, -0.25) is 4.79 Å². The molecule has 280 valence electrons. The van der Waals surface area contributed by atoms with E-state index in [-0.39, 0.29) is 32.7 Å². The van der Waals surface area contributed by atoms with Gasteiger partial charge in [-0.05, 0) is 66.7 Å². The molecule has 1 N–H and O–H groups in total. The van der Waals surface area contributed by atoms with Crippen molar-refractivity contribution in [1.29, 1.82) is 0 Å². The van der Waals surface area contributed by atoms with Gasteiger partial charge in [-0.2, -0.15) is 13.2 Å². The van der Waals surface area contributed by atoms with E-state index >= 15 is 9.18 Å². The molecule has 0 aliphatic carbocycles. The smallest absolute Gasteiger partial charge is 0.384 e. The van der Waals surface area contributed by atoms with Crippen molar-refractivity contribution in [2.75, 3.05) is 44.5 Å². The molecule has 0 spiro atoms. The first kappa shape index (κ1) is 20.5. The minimum absolute atomic E-state index is 0.0276. The van der Waals surface area contributed by atoms with Crippen LogP contribution in [0.5, 0.6) is 0 Å². The van der Waals surface area contributed by atoms with Crippen molar-refractivity contribution >= 4 is 23.4 Å². The van der Waals surface area contributed by atoms with E-state index in [2.05, 4.69) is 4.74 Å². The van der Waals surface area contributed by atoms with Crippen LogP contribution < -0.4 is 4.90 Å². The average molecular weight is 772 g/mol. The van der Waals surface area contributed by atoms with Crippen LogP contribution in [-0.4, -0.2) is 66.5 Å². The number of alkyl halides is 3. The van der Waals surface area contributed by atoms with Crippen LogP contribution >= 0.6 is 11.8 Å². The van der Waals surface area contributed by atoms with E-state index < -0.39 is 151 Å². The number of carbonyl (C=O) groups is 1. The number of aliphatic hydroxyl groups excluding tert-OH is 1. The predicted octanol–water partition coefficient (Wildman–Crippen LogP) is 8.73. The molecule has 6 nitrogen and oxygen atoms in total. The summed E-state index contributed by atoms with van der Waals surface area (Å²) < 4.78 is 248. The average Bonchev–Trinajstić information content (AvgIpc) is 3.26. The molecule has 0 radical (unpaired) electrons. The Balaban J connectivity index is 1.58. The van der Waals surface area contributed by atoms with Crippen molar-refractivity contribution in [3.05, 3.63) is 135 Å². The highest BCUT2D eigenvalue weighted by Crippen LogP contribution is 2.41. The molecule has 1 atom stereocenters. The van der Waals surface area contributed by atoms with Gasteiger partial charge in [0.25, 0.3) is 0 Å². The van der Waals surface area contributed by atoms with Crippen LogP contribution in [0.15, 0.2) is 95.9 Å². The van der Waals surface area contributed by atoms with E-state index in [1.807, 2.05) is 0 Å². The Bertz CT molecular complexity index is 2810. The Labute approximate surface area is 339 Å². The number of benzene rings is 4. The van der Waals surface area contributed by atoms with Crippen molar-refractivity contribution in [1.82, 2.24) is 9.80 Å². The number of rotatable bonds is 12. The number of nitrogens with zero attached hydrogens (tertiary/aromatic N) is 3. The van der Waals surface area contributed by atoms with Gasteiger partial charge in [0.05, 0.1) is 30.9 Å². The topological polar surface area (TPSA) is 56.3 Å². The quantitative estimate of drug-likeness (QED) is 0.146. The predicted molar refractivity (Wildman–Crippen MR) is 198 cm³/mol. The number of aliphatic hydroxyl groups is 1. The summed E-state index contributed by atoms with van der Waals surface area (Å²) in [7, 11) is -3.83. The molecule has 4 aromatic rings. The lowest BCUT2D eigenvalue weighted by atomic mass is 9.99. The van der Waals surface area contributed by atoms with Crippen molar-refractivity contribution in [2.45, 2.75) is 50.3 Å².